The minimum absolute atomic E-state index is 0.0631. The molecule has 0 saturated carbocycles. The van der Waals surface area contributed by atoms with Gasteiger partial charge >= 0.3 is 0 Å². The third-order valence-electron chi connectivity index (χ3n) is 2.98. The highest BCUT2D eigenvalue weighted by atomic mass is 32.1. The number of ether oxygens (including phenoxy) is 1. The summed E-state index contributed by atoms with van der Waals surface area (Å²) in [5, 5.41) is 1.84. The molecule has 0 aliphatic carbocycles. The number of nitrogens with two attached hydrogens (primary N) is 1. The molecule has 2 heterocycles. The summed E-state index contributed by atoms with van der Waals surface area (Å²) >= 11 is 1.41. The molecule has 1 saturated heterocycles. The smallest absolute Gasteiger partial charge is 0.264 e. The molecule has 16 heavy (non-hydrogen) atoms. The summed E-state index contributed by atoms with van der Waals surface area (Å²) in [5.41, 5.74) is 5.90. The van der Waals surface area contributed by atoms with Crippen LogP contribution in [-0.2, 0) is 0 Å². The van der Waals surface area contributed by atoms with Gasteiger partial charge in [0.05, 0.1) is 12.0 Å². The fourth-order valence-corrected chi connectivity index (χ4v) is 2.67. The average Bonchev–Trinajstić information content (AvgIpc) is 2.86. The van der Waals surface area contributed by atoms with E-state index in [1.54, 1.807) is 13.2 Å². The lowest BCUT2D eigenvalue weighted by Gasteiger charge is -2.14. The van der Waals surface area contributed by atoms with Crippen molar-refractivity contribution < 1.29 is 9.53 Å². The first kappa shape index (κ1) is 11.4. The number of nitrogens with zero attached hydrogens (tertiary/aromatic N) is 1. The molecule has 4 nitrogen and oxygen atoms in total. The van der Waals surface area contributed by atoms with E-state index in [2.05, 4.69) is 6.92 Å². The van der Waals surface area contributed by atoms with Gasteiger partial charge < -0.3 is 15.4 Å². The van der Waals surface area contributed by atoms with Crippen molar-refractivity contribution in [2.75, 3.05) is 20.2 Å². The molecule has 1 aromatic rings. The van der Waals surface area contributed by atoms with Crippen LogP contribution in [-0.4, -0.2) is 37.0 Å². The van der Waals surface area contributed by atoms with Crippen molar-refractivity contribution in [2.45, 2.75) is 13.0 Å². The summed E-state index contributed by atoms with van der Waals surface area (Å²) in [7, 11) is 1.60. The standard InChI is InChI=1S/C11H16N2O2S/c1-7-4-13(5-9(7)12)11(14)10-3-8(15-2)6-16-10/h3,6-7,9H,4-5,12H2,1-2H3. The normalized spacial score (nSPS) is 24.8. The van der Waals surface area contributed by atoms with Gasteiger partial charge in [0.25, 0.3) is 5.91 Å². The molecule has 1 fully saturated rings. The summed E-state index contributed by atoms with van der Waals surface area (Å²) in [6.45, 7) is 3.48. The van der Waals surface area contributed by atoms with E-state index >= 15 is 0 Å². The van der Waals surface area contributed by atoms with Crippen LogP contribution >= 0.6 is 11.3 Å². The largest absolute Gasteiger partial charge is 0.496 e. The Labute approximate surface area is 99.0 Å². The van der Waals surface area contributed by atoms with Crippen molar-refractivity contribution in [1.29, 1.82) is 0 Å². The molecule has 5 heteroatoms. The molecule has 0 spiro atoms. The second-order valence-electron chi connectivity index (χ2n) is 4.20. The van der Waals surface area contributed by atoms with E-state index in [1.807, 2.05) is 10.3 Å². The molecule has 1 aliphatic heterocycles. The zero-order chi connectivity index (χ0) is 11.7. The minimum Gasteiger partial charge on any atom is -0.496 e. The van der Waals surface area contributed by atoms with Crippen LogP contribution in [0.4, 0.5) is 0 Å². The second-order valence-corrected chi connectivity index (χ2v) is 5.11. The molecule has 0 aromatic carbocycles. The van der Waals surface area contributed by atoms with Crippen LogP contribution < -0.4 is 10.5 Å². The van der Waals surface area contributed by atoms with Crippen LogP contribution in [0.15, 0.2) is 11.4 Å². The van der Waals surface area contributed by atoms with E-state index < -0.39 is 0 Å². The number of carbonyl (C=O) groups excluding carboxylic acids is 1. The predicted molar refractivity (Wildman–Crippen MR) is 63.9 cm³/mol. The summed E-state index contributed by atoms with van der Waals surface area (Å²) in [5.74, 6) is 1.18. The number of amides is 1. The lowest BCUT2D eigenvalue weighted by molar-refractivity contribution is 0.0791. The Bertz CT molecular complexity index is 381. The fourth-order valence-electron chi connectivity index (χ4n) is 1.85. The third-order valence-corrected chi connectivity index (χ3v) is 3.88. The van der Waals surface area contributed by atoms with E-state index in [-0.39, 0.29) is 11.9 Å². The fraction of sp³-hybridized carbons (Fsp3) is 0.545. The van der Waals surface area contributed by atoms with Gasteiger partial charge in [-0.15, -0.1) is 11.3 Å². The number of likely N-dealkylation sites (tertiary alicyclic amines) is 1. The Morgan fingerprint density at radius 3 is 2.88 bits per heavy atom. The molecule has 0 radical (unpaired) electrons. The first-order chi connectivity index (χ1) is 7.61. The Morgan fingerprint density at radius 2 is 2.38 bits per heavy atom. The molecule has 1 aliphatic rings. The van der Waals surface area contributed by atoms with Crippen molar-refractivity contribution in [3.8, 4) is 5.75 Å². The zero-order valence-electron chi connectivity index (χ0n) is 9.47. The van der Waals surface area contributed by atoms with Gasteiger partial charge in [0.2, 0.25) is 0 Å². The monoisotopic (exact) mass is 240 g/mol. The second kappa shape index (κ2) is 4.43. The van der Waals surface area contributed by atoms with Gasteiger partial charge in [-0.25, -0.2) is 0 Å². The molecule has 2 atom stereocenters. The van der Waals surface area contributed by atoms with Crippen molar-refractivity contribution in [2.24, 2.45) is 11.7 Å². The van der Waals surface area contributed by atoms with Crippen LogP contribution in [0.2, 0.25) is 0 Å². The quantitative estimate of drug-likeness (QED) is 0.844. The molecular weight excluding hydrogens is 224 g/mol. The number of hydrogen-bond acceptors (Lipinski definition) is 4. The summed E-state index contributed by atoms with van der Waals surface area (Å²) in [6.07, 6.45) is 0. The van der Waals surface area contributed by atoms with Crippen molar-refractivity contribution in [1.82, 2.24) is 4.90 Å². The molecule has 2 rings (SSSR count). The number of carbonyl (C=O) groups is 1. The lowest BCUT2D eigenvalue weighted by Crippen LogP contribution is -2.31. The molecule has 0 bridgehead atoms. The highest BCUT2D eigenvalue weighted by molar-refractivity contribution is 7.12. The maximum atomic E-state index is 12.1. The highest BCUT2D eigenvalue weighted by Gasteiger charge is 2.30. The number of thiophene rings is 1. The van der Waals surface area contributed by atoms with E-state index in [0.29, 0.717) is 12.5 Å². The van der Waals surface area contributed by atoms with Crippen LogP contribution in [0.25, 0.3) is 0 Å². The van der Waals surface area contributed by atoms with Crippen molar-refractivity contribution in [3.05, 3.63) is 16.3 Å². The summed E-state index contributed by atoms with van der Waals surface area (Å²) < 4.78 is 5.06. The van der Waals surface area contributed by atoms with Gasteiger partial charge in [-0.2, -0.15) is 0 Å². The Balaban J connectivity index is 2.08. The van der Waals surface area contributed by atoms with E-state index in [1.165, 1.54) is 11.3 Å². The van der Waals surface area contributed by atoms with Crippen LogP contribution in [0.1, 0.15) is 16.6 Å². The highest BCUT2D eigenvalue weighted by Crippen LogP contribution is 2.24. The predicted octanol–water partition coefficient (Wildman–Crippen LogP) is 1.18. The summed E-state index contributed by atoms with van der Waals surface area (Å²) in [4.78, 5) is 14.6. The zero-order valence-corrected chi connectivity index (χ0v) is 10.3. The van der Waals surface area contributed by atoms with Crippen LogP contribution in [0.5, 0.6) is 5.75 Å². The van der Waals surface area contributed by atoms with Gasteiger partial charge in [0.1, 0.15) is 5.75 Å². The van der Waals surface area contributed by atoms with Crippen molar-refractivity contribution in [3.63, 3.8) is 0 Å². The number of hydrogen-bond donors (Lipinski definition) is 1. The van der Waals surface area contributed by atoms with Gasteiger partial charge in [0.15, 0.2) is 0 Å². The van der Waals surface area contributed by atoms with Gasteiger partial charge in [-0.3, -0.25) is 4.79 Å². The Kier molecular flexibility index (Phi) is 3.16. The molecule has 2 N–H and O–H groups in total. The molecular formula is C11H16N2O2S. The van der Waals surface area contributed by atoms with Crippen molar-refractivity contribution >= 4 is 17.2 Å². The first-order valence-corrected chi connectivity index (χ1v) is 6.17. The Morgan fingerprint density at radius 1 is 1.62 bits per heavy atom. The maximum absolute atomic E-state index is 12.1. The van der Waals surface area contributed by atoms with Crippen LogP contribution in [0, 0.1) is 5.92 Å². The van der Waals surface area contributed by atoms with Gasteiger partial charge in [0, 0.05) is 30.6 Å². The van der Waals surface area contributed by atoms with Crippen LogP contribution in [0.3, 0.4) is 0 Å². The minimum atomic E-state index is 0.0631. The SMILES string of the molecule is COc1csc(C(=O)N2CC(C)C(N)C2)c1. The molecule has 88 valence electrons. The van der Waals surface area contributed by atoms with Gasteiger partial charge in [-0.05, 0) is 5.92 Å². The molecule has 1 amide bonds. The molecule has 1 aromatic heterocycles. The Hall–Kier alpha value is -1.07. The lowest BCUT2D eigenvalue weighted by atomic mass is 10.1. The topological polar surface area (TPSA) is 55.6 Å². The van der Waals surface area contributed by atoms with Gasteiger partial charge in [-0.1, -0.05) is 6.92 Å². The number of methoxy groups -OCH3 is 1. The summed E-state index contributed by atoms with van der Waals surface area (Å²) in [6, 6.07) is 1.88. The van der Waals surface area contributed by atoms with E-state index in [4.69, 9.17) is 10.5 Å². The third kappa shape index (κ3) is 2.05. The van der Waals surface area contributed by atoms with E-state index in [0.717, 1.165) is 17.2 Å². The maximum Gasteiger partial charge on any atom is 0.264 e. The molecule has 2 unspecified atom stereocenters. The average molecular weight is 240 g/mol. The number of rotatable bonds is 2. The first-order valence-electron chi connectivity index (χ1n) is 5.29. The van der Waals surface area contributed by atoms with E-state index in [9.17, 15) is 4.79 Å².